The highest BCUT2D eigenvalue weighted by Crippen LogP contribution is 2.42. The Balaban J connectivity index is 1.71. The molecular weight excluding hydrogens is 218 g/mol. The first-order chi connectivity index (χ1) is 7.64. The van der Waals surface area contributed by atoms with Crippen LogP contribution in [0.3, 0.4) is 0 Å². The number of nitrogens with one attached hydrogen (secondary N) is 1. The molecule has 2 fully saturated rings. The van der Waals surface area contributed by atoms with Gasteiger partial charge in [0.2, 0.25) is 0 Å². The first-order valence-corrected chi connectivity index (χ1v) is 7.72. The van der Waals surface area contributed by atoms with Gasteiger partial charge in [0.1, 0.15) is 0 Å². The maximum Gasteiger partial charge on any atom is 0.0655 e. The van der Waals surface area contributed by atoms with E-state index in [0.717, 1.165) is 12.5 Å². The molecule has 2 nitrogen and oxygen atoms in total. The van der Waals surface area contributed by atoms with Crippen LogP contribution < -0.4 is 5.32 Å². The average Bonchev–Trinajstić information content (AvgIpc) is 2.75. The Hall–Kier alpha value is 0.270. The van der Waals surface area contributed by atoms with E-state index in [0.29, 0.717) is 17.6 Å². The molecule has 0 aromatic rings. The van der Waals surface area contributed by atoms with Crippen LogP contribution >= 0.6 is 11.8 Å². The van der Waals surface area contributed by atoms with E-state index in [1.807, 2.05) is 0 Å². The molecule has 3 unspecified atom stereocenters. The fourth-order valence-corrected chi connectivity index (χ4v) is 4.05. The summed E-state index contributed by atoms with van der Waals surface area (Å²) in [6.45, 7) is 8.81. The lowest BCUT2D eigenvalue weighted by molar-refractivity contribution is -0.114. The van der Waals surface area contributed by atoms with Crippen LogP contribution in [0.25, 0.3) is 0 Å². The van der Waals surface area contributed by atoms with E-state index in [1.165, 1.54) is 30.9 Å². The van der Waals surface area contributed by atoms with Crippen molar-refractivity contribution in [3.8, 4) is 0 Å². The second-order valence-corrected chi connectivity index (χ2v) is 6.84. The van der Waals surface area contributed by atoms with Crippen LogP contribution in [0.5, 0.6) is 0 Å². The van der Waals surface area contributed by atoms with Gasteiger partial charge in [0.05, 0.1) is 6.10 Å². The Bertz CT molecular complexity index is 226. The van der Waals surface area contributed by atoms with Crippen LogP contribution in [0.2, 0.25) is 0 Å². The Morgan fingerprint density at radius 2 is 2.25 bits per heavy atom. The standard InChI is InChI=1S/C13H25NOS/c1-4-15-12-7-11(13(12,2)3)14-8-10-5-6-16-9-10/h10-12,14H,4-9H2,1-3H3. The second kappa shape index (κ2) is 5.28. The van der Waals surface area contributed by atoms with Gasteiger partial charge in [0.25, 0.3) is 0 Å². The fourth-order valence-electron chi connectivity index (χ4n) is 2.77. The minimum Gasteiger partial charge on any atom is -0.378 e. The molecular formula is C13H25NOS. The summed E-state index contributed by atoms with van der Waals surface area (Å²) in [7, 11) is 0. The number of thioether (sulfide) groups is 1. The Morgan fingerprint density at radius 1 is 1.44 bits per heavy atom. The molecule has 0 bridgehead atoms. The molecule has 1 heterocycles. The van der Waals surface area contributed by atoms with Gasteiger partial charge in [-0.3, -0.25) is 0 Å². The van der Waals surface area contributed by atoms with Crippen LogP contribution in [0.1, 0.15) is 33.6 Å². The van der Waals surface area contributed by atoms with E-state index in [-0.39, 0.29) is 0 Å². The van der Waals surface area contributed by atoms with Crippen molar-refractivity contribution in [3.63, 3.8) is 0 Å². The molecule has 3 atom stereocenters. The fraction of sp³-hybridized carbons (Fsp3) is 1.00. The zero-order valence-electron chi connectivity index (χ0n) is 10.8. The van der Waals surface area contributed by atoms with Gasteiger partial charge in [-0.15, -0.1) is 0 Å². The zero-order chi connectivity index (χ0) is 11.6. The van der Waals surface area contributed by atoms with Gasteiger partial charge >= 0.3 is 0 Å². The predicted octanol–water partition coefficient (Wildman–Crippen LogP) is 2.53. The largest absolute Gasteiger partial charge is 0.378 e. The normalized spacial score (nSPS) is 37.3. The lowest BCUT2D eigenvalue weighted by Crippen LogP contribution is -2.61. The van der Waals surface area contributed by atoms with Crippen molar-refractivity contribution in [2.75, 3.05) is 24.7 Å². The van der Waals surface area contributed by atoms with Gasteiger partial charge in [0.15, 0.2) is 0 Å². The summed E-state index contributed by atoms with van der Waals surface area (Å²) >= 11 is 2.10. The number of rotatable bonds is 5. The van der Waals surface area contributed by atoms with Crippen LogP contribution in [-0.2, 0) is 4.74 Å². The minimum atomic E-state index is 0.321. The van der Waals surface area contributed by atoms with Crippen LogP contribution in [0.15, 0.2) is 0 Å². The molecule has 0 spiro atoms. The van der Waals surface area contributed by atoms with Crippen molar-refractivity contribution in [2.24, 2.45) is 11.3 Å². The molecule has 0 radical (unpaired) electrons. The molecule has 94 valence electrons. The van der Waals surface area contributed by atoms with Crippen molar-refractivity contribution in [2.45, 2.75) is 45.8 Å². The SMILES string of the molecule is CCOC1CC(NCC2CCSC2)C1(C)C. The average molecular weight is 243 g/mol. The molecule has 1 N–H and O–H groups in total. The van der Waals surface area contributed by atoms with E-state index < -0.39 is 0 Å². The molecule has 1 aliphatic heterocycles. The van der Waals surface area contributed by atoms with E-state index >= 15 is 0 Å². The summed E-state index contributed by atoms with van der Waals surface area (Å²) in [5.41, 5.74) is 0.321. The Labute approximate surface area is 104 Å². The number of hydrogen-bond acceptors (Lipinski definition) is 3. The van der Waals surface area contributed by atoms with Gasteiger partial charge < -0.3 is 10.1 Å². The van der Waals surface area contributed by atoms with Crippen molar-refractivity contribution in [3.05, 3.63) is 0 Å². The minimum absolute atomic E-state index is 0.321. The topological polar surface area (TPSA) is 21.3 Å². The molecule has 3 heteroatoms. The zero-order valence-corrected chi connectivity index (χ0v) is 11.6. The molecule has 1 saturated heterocycles. The molecule has 1 aliphatic carbocycles. The first kappa shape index (κ1) is 12.7. The molecule has 16 heavy (non-hydrogen) atoms. The first-order valence-electron chi connectivity index (χ1n) is 6.57. The lowest BCUT2D eigenvalue weighted by Gasteiger charge is -2.52. The summed E-state index contributed by atoms with van der Waals surface area (Å²) in [4.78, 5) is 0. The van der Waals surface area contributed by atoms with E-state index in [2.05, 4.69) is 37.8 Å². The predicted molar refractivity (Wildman–Crippen MR) is 71.0 cm³/mol. The molecule has 1 saturated carbocycles. The smallest absolute Gasteiger partial charge is 0.0655 e. The third-order valence-corrected chi connectivity index (χ3v) is 5.45. The quantitative estimate of drug-likeness (QED) is 0.802. The van der Waals surface area contributed by atoms with Crippen LogP contribution in [-0.4, -0.2) is 36.8 Å². The van der Waals surface area contributed by atoms with Crippen molar-refractivity contribution < 1.29 is 4.74 Å². The summed E-state index contributed by atoms with van der Waals surface area (Å²) in [5, 5.41) is 3.75. The Kier molecular flexibility index (Phi) is 4.20. The molecule has 2 rings (SSSR count). The van der Waals surface area contributed by atoms with Crippen LogP contribution in [0, 0.1) is 11.3 Å². The Morgan fingerprint density at radius 3 is 2.81 bits per heavy atom. The van der Waals surface area contributed by atoms with Gasteiger partial charge in [0, 0.05) is 18.1 Å². The molecule has 0 aromatic carbocycles. The van der Waals surface area contributed by atoms with Crippen molar-refractivity contribution >= 4 is 11.8 Å². The molecule has 2 aliphatic rings. The summed E-state index contributed by atoms with van der Waals surface area (Å²) < 4.78 is 5.75. The van der Waals surface area contributed by atoms with E-state index in [4.69, 9.17) is 4.74 Å². The van der Waals surface area contributed by atoms with Gasteiger partial charge in [-0.05, 0) is 43.7 Å². The van der Waals surface area contributed by atoms with Gasteiger partial charge in [-0.2, -0.15) is 11.8 Å². The second-order valence-electron chi connectivity index (χ2n) is 5.69. The molecule has 0 aromatic heterocycles. The van der Waals surface area contributed by atoms with E-state index in [1.54, 1.807) is 0 Å². The van der Waals surface area contributed by atoms with Crippen LogP contribution in [0.4, 0.5) is 0 Å². The summed E-state index contributed by atoms with van der Waals surface area (Å²) in [6, 6.07) is 0.662. The number of ether oxygens (including phenoxy) is 1. The van der Waals surface area contributed by atoms with E-state index in [9.17, 15) is 0 Å². The lowest BCUT2D eigenvalue weighted by atomic mass is 9.64. The summed E-state index contributed by atoms with van der Waals surface area (Å²) in [6.07, 6.45) is 3.06. The van der Waals surface area contributed by atoms with Gasteiger partial charge in [-0.1, -0.05) is 13.8 Å². The highest BCUT2D eigenvalue weighted by atomic mass is 32.2. The maximum atomic E-state index is 5.75. The van der Waals surface area contributed by atoms with Crippen molar-refractivity contribution in [1.82, 2.24) is 5.32 Å². The monoisotopic (exact) mass is 243 g/mol. The van der Waals surface area contributed by atoms with Gasteiger partial charge in [-0.25, -0.2) is 0 Å². The third kappa shape index (κ3) is 2.57. The van der Waals surface area contributed by atoms with Crippen molar-refractivity contribution in [1.29, 1.82) is 0 Å². The summed E-state index contributed by atoms with van der Waals surface area (Å²) in [5.74, 6) is 3.63. The maximum absolute atomic E-state index is 5.75. The third-order valence-electron chi connectivity index (χ3n) is 4.22. The molecule has 0 amide bonds. The number of hydrogen-bond donors (Lipinski definition) is 1. The highest BCUT2D eigenvalue weighted by Gasteiger charge is 2.48. The highest BCUT2D eigenvalue weighted by molar-refractivity contribution is 7.99.